The Morgan fingerprint density at radius 1 is 1.18 bits per heavy atom. The molecule has 1 heterocycles. The summed E-state index contributed by atoms with van der Waals surface area (Å²) in [5.74, 6) is -3.25. The third-order valence-corrected chi connectivity index (χ3v) is 5.75. The maximum Gasteiger partial charge on any atom is 0.442 e. The average molecular weight is 523 g/mol. The van der Waals surface area contributed by atoms with E-state index in [1.165, 1.54) is 12.1 Å². The van der Waals surface area contributed by atoms with E-state index in [-0.39, 0.29) is 31.5 Å². The number of nitrogens with one attached hydrogen (secondary N) is 2. The first-order chi connectivity index (χ1) is 15.4. The van der Waals surface area contributed by atoms with Gasteiger partial charge in [-0.2, -0.15) is 13.2 Å². The Bertz CT molecular complexity index is 1270. The summed E-state index contributed by atoms with van der Waals surface area (Å²) < 4.78 is 47.1. The number of amides is 1. The minimum atomic E-state index is -5.42. The lowest BCUT2D eigenvalue weighted by Crippen LogP contribution is -2.69. The molecule has 0 spiro atoms. The summed E-state index contributed by atoms with van der Waals surface area (Å²) in [5.41, 5.74) is -4.33. The fourth-order valence-corrected chi connectivity index (χ4v) is 4.14. The molecule has 0 bridgehead atoms. The minimum absolute atomic E-state index is 0.126. The first-order valence-electron chi connectivity index (χ1n) is 8.64. The maximum absolute atomic E-state index is 14.2. The molecule has 0 aliphatic rings. The Morgan fingerprint density at radius 2 is 1.88 bits per heavy atom. The first-order valence-corrected chi connectivity index (χ1v) is 10.2. The lowest BCUT2D eigenvalue weighted by atomic mass is 10.1. The number of esters is 1. The Labute approximate surface area is 196 Å². The molecule has 0 unspecified atom stereocenters. The molecule has 0 saturated heterocycles. The van der Waals surface area contributed by atoms with Crippen molar-refractivity contribution < 1.29 is 32.4 Å². The van der Waals surface area contributed by atoms with Crippen LogP contribution in [0, 0.1) is 10.1 Å². The highest BCUT2D eigenvalue weighted by Crippen LogP contribution is 2.37. The lowest BCUT2D eigenvalue weighted by Gasteiger charge is -2.34. The second-order valence-corrected chi connectivity index (χ2v) is 8.25. The first kappa shape index (κ1) is 24.5. The van der Waals surface area contributed by atoms with Crippen molar-refractivity contribution in [1.82, 2.24) is 10.3 Å². The molecule has 3 aromatic rings. The summed E-state index contributed by atoms with van der Waals surface area (Å²) in [4.78, 5) is 39.2. The highest BCUT2D eigenvalue weighted by Gasteiger charge is 2.64. The predicted octanol–water partition coefficient (Wildman–Crippen LogP) is 4.78. The van der Waals surface area contributed by atoms with Crippen molar-refractivity contribution in [2.24, 2.45) is 0 Å². The second-order valence-electron chi connectivity index (χ2n) is 6.37. The van der Waals surface area contributed by atoms with Gasteiger partial charge < -0.3 is 15.4 Å². The van der Waals surface area contributed by atoms with E-state index in [1.54, 1.807) is 5.32 Å². The van der Waals surface area contributed by atoms with E-state index >= 15 is 0 Å². The zero-order chi connectivity index (χ0) is 24.6. The van der Waals surface area contributed by atoms with Crippen molar-refractivity contribution in [2.75, 3.05) is 12.4 Å². The molecule has 2 N–H and O–H groups in total. The summed E-state index contributed by atoms with van der Waals surface area (Å²) in [6, 6.07) is 6.90. The van der Waals surface area contributed by atoms with Gasteiger partial charge in [-0.05, 0) is 24.3 Å². The van der Waals surface area contributed by atoms with Gasteiger partial charge in [0, 0.05) is 17.2 Å². The largest absolute Gasteiger partial charge is 0.466 e. The molecule has 33 heavy (non-hydrogen) atoms. The van der Waals surface area contributed by atoms with Crippen LogP contribution < -0.4 is 10.6 Å². The number of nitro groups is 1. The number of methoxy groups -OCH3 is 1. The van der Waals surface area contributed by atoms with Gasteiger partial charge in [0.2, 0.25) is 0 Å². The second kappa shape index (κ2) is 9.00. The van der Waals surface area contributed by atoms with Gasteiger partial charge in [-0.3, -0.25) is 14.9 Å². The molecule has 0 aliphatic carbocycles. The van der Waals surface area contributed by atoms with Crippen molar-refractivity contribution in [3.05, 3.63) is 62.1 Å². The van der Waals surface area contributed by atoms with Crippen LogP contribution >= 0.6 is 34.5 Å². The number of nitro benzene ring substituents is 1. The number of thiazole rings is 1. The standard InChI is InChI=1S/C18H11Cl2F3N4O5S/c1-32-15(29)17(18(21,22)23,25-14(28)10-4-2-8(19)6-11(10)20)26-16-24-12-5-3-9(27(30)31)7-13(12)33-16/h2-7H,1H3,(H,24,26)(H,25,28)/t17-/m0/s1. The van der Waals surface area contributed by atoms with Crippen LogP contribution in [-0.4, -0.2) is 40.7 Å². The van der Waals surface area contributed by atoms with Gasteiger partial charge in [-0.25, -0.2) is 9.78 Å². The van der Waals surface area contributed by atoms with Crippen molar-refractivity contribution >= 4 is 67.5 Å². The van der Waals surface area contributed by atoms with Gasteiger partial charge in [0.05, 0.1) is 32.8 Å². The topological polar surface area (TPSA) is 123 Å². The maximum atomic E-state index is 14.2. The fraction of sp³-hybridized carbons (Fsp3) is 0.167. The number of ether oxygens (including phenoxy) is 1. The van der Waals surface area contributed by atoms with E-state index in [2.05, 4.69) is 9.72 Å². The molecule has 174 valence electrons. The lowest BCUT2D eigenvalue weighted by molar-refractivity contribution is -0.384. The van der Waals surface area contributed by atoms with E-state index in [1.807, 2.05) is 5.32 Å². The molecular formula is C18H11Cl2F3N4O5S. The highest BCUT2D eigenvalue weighted by atomic mass is 35.5. The quantitative estimate of drug-likeness (QED) is 0.206. The third kappa shape index (κ3) is 4.79. The normalized spacial score (nSPS) is 13.3. The molecule has 1 atom stereocenters. The average Bonchev–Trinajstić information content (AvgIpc) is 3.12. The van der Waals surface area contributed by atoms with Crippen LogP contribution in [0.2, 0.25) is 10.0 Å². The molecule has 2 aromatic carbocycles. The molecule has 0 saturated carbocycles. The number of alkyl halides is 3. The van der Waals surface area contributed by atoms with E-state index in [0.717, 1.165) is 24.3 Å². The number of hydrogen-bond donors (Lipinski definition) is 2. The van der Waals surface area contributed by atoms with Crippen molar-refractivity contribution in [3.8, 4) is 0 Å². The molecule has 1 aromatic heterocycles. The van der Waals surface area contributed by atoms with Gasteiger partial charge in [-0.15, -0.1) is 0 Å². The summed E-state index contributed by atoms with van der Waals surface area (Å²) in [6.45, 7) is 0. The number of benzene rings is 2. The van der Waals surface area contributed by atoms with Crippen molar-refractivity contribution in [1.29, 1.82) is 0 Å². The van der Waals surface area contributed by atoms with Crippen LogP contribution in [0.1, 0.15) is 10.4 Å². The number of nitrogens with zero attached hydrogens (tertiary/aromatic N) is 2. The van der Waals surface area contributed by atoms with Crippen LogP contribution in [0.25, 0.3) is 10.2 Å². The summed E-state index contributed by atoms with van der Waals surface area (Å²) in [6.07, 6.45) is -5.42. The van der Waals surface area contributed by atoms with Crippen LogP contribution in [0.15, 0.2) is 36.4 Å². The molecule has 3 rings (SSSR count). The molecule has 9 nitrogen and oxygen atoms in total. The van der Waals surface area contributed by atoms with Crippen LogP contribution in [0.3, 0.4) is 0 Å². The van der Waals surface area contributed by atoms with E-state index in [0.29, 0.717) is 18.4 Å². The molecule has 0 aliphatic heterocycles. The molecule has 1 amide bonds. The monoisotopic (exact) mass is 522 g/mol. The van der Waals surface area contributed by atoms with Crippen molar-refractivity contribution in [3.63, 3.8) is 0 Å². The number of non-ortho nitro benzene ring substituents is 1. The summed E-state index contributed by atoms with van der Waals surface area (Å²) in [5, 5.41) is 13.8. The molecular weight excluding hydrogens is 512 g/mol. The number of carbonyl (C=O) groups excluding carboxylic acids is 2. The number of rotatable bonds is 6. The number of anilines is 1. The van der Waals surface area contributed by atoms with Gasteiger partial charge in [0.1, 0.15) is 0 Å². The SMILES string of the molecule is COC(=O)[C@](NC(=O)c1ccc(Cl)cc1Cl)(Nc1nc2ccc([N+](=O)[O-])cc2s1)C(F)(F)F. The molecule has 0 radical (unpaired) electrons. The van der Waals surface area contributed by atoms with Gasteiger partial charge in [-0.1, -0.05) is 34.5 Å². The predicted molar refractivity (Wildman–Crippen MR) is 115 cm³/mol. The third-order valence-electron chi connectivity index (χ3n) is 4.27. The Kier molecular flexibility index (Phi) is 6.68. The summed E-state index contributed by atoms with van der Waals surface area (Å²) in [7, 11) is 0.702. The van der Waals surface area contributed by atoms with Crippen molar-refractivity contribution in [2.45, 2.75) is 11.8 Å². The Morgan fingerprint density at radius 3 is 2.45 bits per heavy atom. The fourth-order valence-electron chi connectivity index (χ4n) is 2.70. The smallest absolute Gasteiger partial charge is 0.442 e. The Balaban J connectivity index is 2.07. The van der Waals surface area contributed by atoms with Crippen LogP contribution in [0.4, 0.5) is 24.0 Å². The van der Waals surface area contributed by atoms with E-state index in [9.17, 15) is 32.9 Å². The van der Waals surface area contributed by atoms with Crippen LogP contribution in [-0.2, 0) is 9.53 Å². The van der Waals surface area contributed by atoms with E-state index in [4.69, 9.17) is 23.2 Å². The zero-order valence-corrected chi connectivity index (χ0v) is 18.5. The Hall–Kier alpha value is -3.16. The molecule has 0 fully saturated rings. The van der Waals surface area contributed by atoms with Gasteiger partial charge in [0.15, 0.2) is 5.13 Å². The number of halogens is 5. The van der Waals surface area contributed by atoms with Crippen LogP contribution in [0.5, 0.6) is 0 Å². The minimum Gasteiger partial charge on any atom is -0.466 e. The summed E-state index contributed by atoms with van der Waals surface area (Å²) >= 11 is 12.3. The number of carbonyl (C=O) groups is 2. The van der Waals surface area contributed by atoms with Gasteiger partial charge in [0.25, 0.3) is 11.6 Å². The number of hydrogen-bond acceptors (Lipinski definition) is 8. The molecule has 15 heteroatoms. The highest BCUT2D eigenvalue weighted by molar-refractivity contribution is 7.22. The number of fused-ring (bicyclic) bond motifs is 1. The number of aromatic nitrogens is 1. The van der Waals surface area contributed by atoms with Gasteiger partial charge >= 0.3 is 17.8 Å². The zero-order valence-electron chi connectivity index (χ0n) is 16.2. The van der Waals surface area contributed by atoms with E-state index < -0.39 is 33.8 Å².